The minimum atomic E-state index is -0.502. The molecule has 1 N–H and O–H groups in total. The molecule has 2 aromatic rings. The zero-order valence-electron chi connectivity index (χ0n) is 11.8. The van der Waals surface area contributed by atoms with Crippen molar-refractivity contribution in [2.45, 2.75) is 6.61 Å². The molecule has 0 bridgehead atoms. The first-order valence-corrected chi connectivity index (χ1v) is 6.33. The monoisotopic (exact) mass is 288 g/mol. The van der Waals surface area contributed by atoms with Crippen LogP contribution in [0.1, 0.15) is 5.56 Å². The lowest BCUT2D eigenvalue weighted by atomic mass is 10.1. The third-order valence-corrected chi connectivity index (χ3v) is 3.26. The van der Waals surface area contributed by atoms with Gasteiger partial charge in [0.25, 0.3) is 5.69 Å². The Hall–Kier alpha value is -2.60. The van der Waals surface area contributed by atoms with Crippen LogP contribution in [0.2, 0.25) is 0 Å². The van der Waals surface area contributed by atoms with Crippen LogP contribution in [0.15, 0.2) is 42.5 Å². The maximum Gasteiger partial charge on any atom is 0.275 e. The van der Waals surface area contributed by atoms with Crippen LogP contribution in [0, 0.1) is 10.1 Å². The Bertz CT molecular complexity index is 658. The number of aliphatic hydroxyl groups is 1. The number of nitro benzene ring substituents is 1. The van der Waals surface area contributed by atoms with Gasteiger partial charge in [0.2, 0.25) is 0 Å². The fourth-order valence-electron chi connectivity index (χ4n) is 2.13. The van der Waals surface area contributed by atoms with Gasteiger partial charge in [-0.3, -0.25) is 10.1 Å². The van der Waals surface area contributed by atoms with Crippen LogP contribution in [0.3, 0.4) is 0 Å². The van der Waals surface area contributed by atoms with Gasteiger partial charge in [-0.25, -0.2) is 0 Å². The molecule has 0 saturated carbocycles. The van der Waals surface area contributed by atoms with Gasteiger partial charge in [-0.15, -0.1) is 0 Å². The van der Waals surface area contributed by atoms with Gasteiger partial charge in [-0.1, -0.05) is 12.1 Å². The molecule has 0 aliphatic rings. The standard InChI is InChI=1S/C15H16N2O4/c1-16(14-5-3-4-6-15(14)21-2)12-7-8-13(17(19)20)11(9-12)10-18/h3-9,18H,10H2,1-2H3. The molecule has 0 aliphatic heterocycles. The number of benzene rings is 2. The Kier molecular flexibility index (Phi) is 4.39. The number of methoxy groups -OCH3 is 1. The molecule has 0 heterocycles. The molecule has 2 rings (SSSR count). The second-order valence-electron chi connectivity index (χ2n) is 4.46. The third-order valence-electron chi connectivity index (χ3n) is 3.26. The number of anilines is 2. The Balaban J connectivity index is 2.44. The SMILES string of the molecule is COc1ccccc1N(C)c1ccc([N+](=O)[O-])c(CO)c1. The summed E-state index contributed by atoms with van der Waals surface area (Å²) in [4.78, 5) is 12.2. The summed E-state index contributed by atoms with van der Waals surface area (Å²) >= 11 is 0. The molecule has 2 aromatic carbocycles. The number of ether oxygens (including phenoxy) is 1. The number of nitro groups is 1. The van der Waals surface area contributed by atoms with Gasteiger partial charge in [0.1, 0.15) is 5.75 Å². The minimum Gasteiger partial charge on any atom is -0.495 e. The number of nitrogens with zero attached hydrogens (tertiary/aromatic N) is 2. The van der Waals surface area contributed by atoms with Gasteiger partial charge in [-0.05, 0) is 24.3 Å². The smallest absolute Gasteiger partial charge is 0.275 e. The van der Waals surface area contributed by atoms with Crippen LogP contribution >= 0.6 is 0 Å². The van der Waals surface area contributed by atoms with Crippen LogP contribution in [-0.4, -0.2) is 24.2 Å². The number of aliphatic hydroxyl groups excluding tert-OH is 1. The molecule has 0 aliphatic carbocycles. The molecule has 6 heteroatoms. The van der Waals surface area contributed by atoms with E-state index < -0.39 is 4.92 Å². The molecule has 6 nitrogen and oxygen atoms in total. The summed E-state index contributed by atoms with van der Waals surface area (Å²) in [5.74, 6) is 0.698. The molecule has 110 valence electrons. The first-order valence-electron chi connectivity index (χ1n) is 6.33. The van der Waals surface area contributed by atoms with Crippen LogP contribution in [0.4, 0.5) is 17.1 Å². The fraction of sp³-hybridized carbons (Fsp3) is 0.200. The molecule has 0 saturated heterocycles. The van der Waals surface area contributed by atoms with E-state index in [1.54, 1.807) is 19.2 Å². The van der Waals surface area contributed by atoms with E-state index in [9.17, 15) is 15.2 Å². The normalized spacial score (nSPS) is 10.2. The highest BCUT2D eigenvalue weighted by molar-refractivity contribution is 5.70. The van der Waals surface area contributed by atoms with Crippen molar-refractivity contribution in [3.05, 3.63) is 58.1 Å². The summed E-state index contributed by atoms with van der Waals surface area (Å²) in [5, 5.41) is 20.2. The molecule has 0 atom stereocenters. The van der Waals surface area contributed by atoms with Crippen LogP contribution in [0.25, 0.3) is 0 Å². The second kappa shape index (κ2) is 6.23. The quantitative estimate of drug-likeness (QED) is 0.676. The summed E-state index contributed by atoms with van der Waals surface area (Å²) in [6.07, 6.45) is 0. The average Bonchev–Trinajstić information content (AvgIpc) is 2.53. The van der Waals surface area contributed by atoms with E-state index in [0.29, 0.717) is 5.75 Å². The molecular weight excluding hydrogens is 272 g/mol. The number of hydrogen-bond donors (Lipinski definition) is 1. The van der Waals surface area contributed by atoms with Crippen LogP contribution in [-0.2, 0) is 6.61 Å². The van der Waals surface area contributed by atoms with Crippen molar-refractivity contribution in [3.63, 3.8) is 0 Å². The molecule has 0 radical (unpaired) electrons. The second-order valence-corrected chi connectivity index (χ2v) is 4.46. The highest BCUT2D eigenvalue weighted by atomic mass is 16.6. The lowest BCUT2D eigenvalue weighted by Gasteiger charge is -2.22. The lowest BCUT2D eigenvalue weighted by Crippen LogP contribution is -2.11. The topological polar surface area (TPSA) is 75.8 Å². The van der Waals surface area contributed by atoms with Gasteiger partial charge < -0.3 is 14.7 Å². The summed E-state index contributed by atoms with van der Waals surface area (Å²) in [6.45, 7) is -0.385. The van der Waals surface area contributed by atoms with Gasteiger partial charge >= 0.3 is 0 Å². The van der Waals surface area contributed by atoms with Crippen molar-refractivity contribution in [2.24, 2.45) is 0 Å². The predicted octanol–water partition coefficient (Wildman–Crippen LogP) is 2.86. The number of rotatable bonds is 5. The first-order chi connectivity index (χ1) is 10.1. The highest BCUT2D eigenvalue weighted by Gasteiger charge is 2.16. The Labute approximate surface area is 122 Å². The summed E-state index contributed by atoms with van der Waals surface area (Å²) < 4.78 is 5.31. The first kappa shape index (κ1) is 14.8. The fourth-order valence-corrected chi connectivity index (χ4v) is 2.13. The van der Waals surface area contributed by atoms with Crippen molar-refractivity contribution < 1.29 is 14.8 Å². The Morgan fingerprint density at radius 1 is 1.29 bits per heavy atom. The van der Waals surface area contributed by atoms with Crippen molar-refractivity contribution in [1.29, 1.82) is 0 Å². The molecular formula is C15H16N2O4. The van der Waals surface area contributed by atoms with Gasteiger partial charge in [0, 0.05) is 18.8 Å². The van der Waals surface area contributed by atoms with E-state index in [-0.39, 0.29) is 17.9 Å². The summed E-state index contributed by atoms with van der Waals surface area (Å²) in [5.41, 5.74) is 1.75. The summed E-state index contributed by atoms with van der Waals surface area (Å²) in [6, 6.07) is 12.1. The van der Waals surface area contributed by atoms with Crippen LogP contribution < -0.4 is 9.64 Å². The minimum absolute atomic E-state index is 0.0883. The van der Waals surface area contributed by atoms with E-state index in [1.807, 2.05) is 36.2 Å². The van der Waals surface area contributed by atoms with Crippen molar-refractivity contribution in [1.82, 2.24) is 0 Å². The van der Waals surface area contributed by atoms with Gasteiger partial charge in [-0.2, -0.15) is 0 Å². The third kappa shape index (κ3) is 2.95. The molecule has 0 amide bonds. The largest absolute Gasteiger partial charge is 0.495 e. The van der Waals surface area contributed by atoms with Crippen molar-refractivity contribution in [2.75, 3.05) is 19.1 Å². The Morgan fingerprint density at radius 3 is 2.62 bits per heavy atom. The predicted molar refractivity (Wildman–Crippen MR) is 80.1 cm³/mol. The molecule has 0 spiro atoms. The zero-order chi connectivity index (χ0) is 15.4. The van der Waals surface area contributed by atoms with E-state index in [0.717, 1.165) is 11.4 Å². The Morgan fingerprint density at radius 2 is 2.00 bits per heavy atom. The van der Waals surface area contributed by atoms with E-state index in [1.165, 1.54) is 6.07 Å². The number of para-hydroxylation sites is 2. The lowest BCUT2D eigenvalue weighted by molar-refractivity contribution is -0.385. The molecule has 0 fully saturated rings. The maximum absolute atomic E-state index is 10.9. The maximum atomic E-state index is 10.9. The van der Waals surface area contributed by atoms with E-state index in [2.05, 4.69) is 0 Å². The van der Waals surface area contributed by atoms with Gasteiger partial charge in [0.15, 0.2) is 0 Å². The summed E-state index contributed by atoms with van der Waals surface area (Å²) in [7, 11) is 3.42. The van der Waals surface area contributed by atoms with E-state index >= 15 is 0 Å². The van der Waals surface area contributed by atoms with E-state index in [4.69, 9.17) is 4.74 Å². The van der Waals surface area contributed by atoms with Gasteiger partial charge in [0.05, 0.1) is 29.9 Å². The van der Waals surface area contributed by atoms with Crippen molar-refractivity contribution >= 4 is 17.1 Å². The molecule has 0 aromatic heterocycles. The van der Waals surface area contributed by atoms with Crippen molar-refractivity contribution in [3.8, 4) is 5.75 Å². The highest BCUT2D eigenvalue weighted by Crippen LogP contribution is 2.34. The molecule has 21 heavy (non-hydrogen) atoms. The average molecular weight is 288 g/mol. The van der Waals surface area contributed by atoms with Crippen LogP contribution in [0.5, 0.6) is 5.75 Å². The zero-order valence-corrected chi connectivity index (χ0v) is 11.8. The number of hydrogen-bond acceptors (Lipinski definition) is 5. The molecule has 0 unspecified atom stereocenters.